The van der Waals surface area contributed by atoms with Crippen LogP contribution in [0.5, 0.6) is 0 Å². The van der Waals surface area contributed by atoms with Gasteiger partial charge in [-0.3, -0.25) is 0 Å². The highest BCUT2D eigenvalue weighted by molar-refractivity contribution is 7.80. The van der Waals surface area contributed by atoms with Gasteiger partial charge in [-0.05, 0) is 44.5 Å². The van der Waals surface area contributed by atoms with Crippen molar-refractivity contribution in [1.29, 1.82) is 0 Å². The van der Waals surface area contributed by atoms with Gasteiger partial charge < -0.3 is 16.0 Å². The van der Waals surface area contributed by atoms with E-state index in [1.807, 2.05) is 12.1 Å². The molecule has 1 aromatic heterocycles. The second-order valence-electron chi connectivity index (χ2n) is 4.92. The Balaban J connectivity index is 1.95. The van der Waals surface area contributed by atoms with Crippen molar-refractivity contribution in [1.82, 2.24) is 9.88 Å². The first kappa shape index (κ1) is 13.2. The Hall–Kier alpha value is -1.20. The highest BCUT2D eigenvalue weighted by Crippen LogP contribution is 2.17. The SMILES string of the molecule is CN1CCCC(CNc2ncccc2C(N)=S)C1. The largest absolute Gasteiger partial charge is 0.389 e. The number of hydrogen-bond donors (Lipinski definition) is 2. The van der Waals surface area contributed by atoms with E-state index >= 15 is 0 Å². The summed E-state index contributed by atoms with van der Waals surface area (Å²) in [6.45, 7) is 3.28. The van der Waals surface area contributed by atoms with Crippen molar-refractivity contribution in [3.8, 4) is 0 Å². The number of pyridine rings is 1. The molecule has 2 heterocycles. The van der Waals surface area contributed by atoms with E-state index in [1.54, 1.807) is 6.20 Å². The van der Waals surface area contributed by atoms with E-state index in [1.165, 1.54) is 19.4 Å². The van der Waals surface area contributed by atoms with E-state index in [0.717, 1.165) is 24.5 Å². The number of piperidine rings is 1. The van der Waals surface area contributed by atoms with Crippen LogP contribution in [0.15, 0.2) is 18.3 Å². The van der Waals surface area contributed by atoms with Crippen LogP contribution < -0.4 is 11.1 Å². The average Bonchev–Trinajstić information content (AvgIpc) is 2.37. The second kappa shape index (κ2) is 6.11. The predicted molar refractivity (Wildman–Crippen MR) is 78.8 cm³/mol. The van der Waals surface area contributed by atoms with Crippen molar-refractivity contribution in [3.05, 3.63) is 23.9 Å². The third kappa shape index (κ3) is 3.40. The molecule has 18 heavy (non-hydrogen) atoms. The first-order valence-corrected chi connectivity index (χ1v) is 6.75. The van der Waals surface area contributed by atoms with Crippen LogP contribution in [-0.4, -0.2) is 41.6 Å². The Kier molecular flexibility index (Phi) is 4.49. The van der Waals surface area contributed by atoms with Gasteiger partial charge in [0.15, 0.2) is 0 Å². The van der Waals surface area contributed by atoms with Crippen LogP contribution in [0.2, 0.25) is 0 Å². The van der Waals surface area contributed by atoms with Gasteiger partial charge in [0, 0.05) is 19.3 Å². The van der Waals surface area contributed by atoms with Gasteiger partial charge in [-0.2, -0.15) is 0 Å². The monoisotopic (exact) mass is 264 g/mol. The molecule has 0 bridgehead atoms. The van der Waals surface area contributed by atoms with Gasteiger partial charge in [-0.15, -0.1) is 0 Å². The van der Waals surface area contributed by atoms with Crippen molar-refractivity contribution >= 4 is 23.0 Å². The molecule has 3 N–H and O–H groups in total. The summed E-state index contributed by atoms with van der Waals surface area (Å²) >= 11 is 5.03. The first-order valence-electron chi connectivity index (χ1n) is 6.34. The van der Waals surface area contributed by atoms with Gasteiger partial charge in [0.2, 0.25) is 0 Å². The molecule has 98 valence electrons. The summed E-state index contributed by atoms with van der Waals surface area (Å²) in [5.41, 5.74) is 6.52. The summed E-state index contributed by atoms with van der Waals surface area (Å²) in [5, 5.41) is 3.38. The van der Waals surface area contributed by atoms with Gasteiger partial charge in [0.05, 0.1) is 5.56 Å². The zero-order valence-corrected chi connectivity index (χ0v) is 11.5. The van der Waals surface area contributed by atoms with Crippen LogP contribution in [0.3, 0.4) is 0 Å². The van der Waals surface area contributed by atoms with Gasteiger partial charge in [-0.1, -0.05) is 12.2 Å². The fraction of sp³-hybridized carbons (Fsp3) is 0.538. The Morgan fingerprint density at radius 2 is 2.50 bits per heavy atom. The predicted octanol–water partition coefficient (Wildman–Crippen LogP) is 1.47. The number of rotatable bonds is 4. The van der Waals surface area contributed by atoms with Crippen LogP contribution in [0.1, 0.15) is 18.4 Å². The lowest BCUT2D eigenvalue weighted by Gasteiger charge is -2.30. The molecular formula is C13H20N4S. The van der Waals surface area contributed by atoms with E-state index in [-0.39, 0.29) is 0 Å². The molecule has 4 nitrogen and oxygen atoms in total. The van der Waals surface area contributed by atoms with Crippen molar-refractivity contribution in [2.24, 2.45) is 11.7 Å². The molecule has 0 radical (unpaired) electrons. The van der Waals surface area contributed by atoms with Crippen molar-refractivity contribution < 1.29 is 0 Å². The minimum Gasteiger partial charge on any atom is -0.389 e. The number of likely N-dealkylation sites (tertiary alicyclic amines) is 1. The Labute approximate surface area is 114 Å². The number of anilines is 1. The minimum atomic E-state index is 0.395. The number of thiocarbonyl (C=S) groups is 1. The van der Waals surface area contributed by atoms with E-state index in [4.69, 9.17) is 18.0 Å². The molecule has 0 aliphatic carbocycles. The molecule has 0 spiro atoms. The quantitative estimate of drug-likeness (QED) is 0.807. The normalized spacial score (nSPS) is 20.6. The molecule has 1 fully saturated rings. The number of nitrogens with one attached hydrogen (secondary N) is 1. The lowest BCUT2D eigenvalue weighted by molar-refractivity contribution is 0.217. The van der Waals surface area contributed by atoms with Gasteiger partial charge in [0.1, 0.15) is 10.8 Å². The number of hydrogen-bond acceptors (Lipinski definition) is 4. The molecule has 0 amide bonds. The Bertz CT molecular complexity index is 421. The summed E-state index contributed by atoms with van der Waals surface area (Å²) in [5.74, 6) is 1.48. The highest BCUT2D eigenvalue weighted by atomic mass is 32.1. The molecule has 1 aromatic rings. The fourth-order valence-corrected chi connectivity index (χ4v) is 2.59. The second-order valence-corrected chi connectivity index (χ2v) is 5.36. The molecule has 1 aliphatic rings. The summed E-state index contributed by atoms with van der Waals surface area (Å²) < 4.78 is 0. The fourth-order valence-electron chi connectivity index (χ4n) is 2.43. The van der Waals surface area contributed by atoms with Gasteiger partial charge in [-0.25, -0.2) is 4.98 Å². The van der Waals surface area contributed by atoms with Crippen molar-refractivity contribution in [3.63, 3.8) is 0 Å². The van der Waals surface area contributed by atoms with Crippen LogP contribution >= 0.6 is 12.2 Å². The van der Waals surface area contributed by atoms with Crippen molar-refractivity contribution in [2.45, 2.75) is 12.8 Å². The topological polar surface area (TPSA) is 54.2 Å². The number of nitrogens with two attached hydrogens (primary N) is 1. The van der Waals surface area contributed by atoms with Crippen LogP contribution in [0.4, 0.5) is 5.82 Å². The maximum atomic E-state index is 5.69. The molecule has 1 atom stereocenters. The van der Waals surface area contributed by atoms with Crippen molar-refractivity contribution in [2.75, 3.05) is 32.0 Å². The minimum absolute atomic E-state index is 0.395. The third-order valence-electron chi connectivity index (χ3n) is 3.35. The summed E-state index contributed by atoms with van der Waals surface area (Å²) in [6, 6.07) is 3.76. The van der Waals surface area contributed by atoms with E-state index in [2.05, 4.69) is 22.2 Å². The highest BCUT2D eigenvalue weighted by Gasteiger charge is 2.17. The molecule has 1 unspecified atom stereocenters. The Morgan fingerprint density at radius 1 is 1.67 bits per heavy atom. The maximum absolute atomic E-state index is 5.69. The van der Waals surface area contributed by atoms with E-state index < -0.39 is 0 Å². The van der Waals surface area contributed by atoms with E-state index in [9.17, 15) is 0 Å². The number of aromatic nitrogens is 1. The Morgan fingerprint density at radius 3 is 3.22 bits per heavy atom. The zero-order chi connectivity index (χ0) is 13.0. The van der Waals surface area contributed by atoms with E-state index in [0.29, 0.717) is 10.9 Å². The molecule has 5 heteroatoms. The smallest absolute Gasteiger partial charge is 0.136 e. The lowest BCUT2D eigenvalue weighted by atomic mass is 9.98. The van der Waals surface area contributed by atoms with Crippen LogP contribution in [0.25, 0.3) is 0 Å². The number of nitrogens with zero attached hydrogens (tertiary/aromatic N) is 2. The lowest BCUT2D eigenvalue weighted by Crippen LogP contribution is -2.35. The van der Waals surface area contributed by atoms with Gasteiger partial charge >= 0.3 is 0 Å². The molecule has 0 aromatic carbocycles. The summed E-state index contributed by atoms with van der Waals surface area (Å²) in [6.07, 6.45) is 4.30. The maximum Gasteiger partial charge on any atom is 0.136 e. The molecular weight excluding hydrogens is 244 g/mol. The summed E-state index contributed by atoms with van der Waals surface area (Å²) in [4.78, 5) is 7.08. The molecule has 1 aliphatic heterocycles. The molecule has 1 saturated heterocycles. The standard InChI is InChI=1S/C13H20N4S/c1-17-7-3-4-10(9-17)8-16-13-11(12(14)18)5-2-6-15-13/h2,5-6,10H,3-4,7-9H2,1H3,(H2,14,18)(H,15,16). The van der Waals surface area contributed by atoms with Gasteiger partial charge in [0.25, 0.3) is 0 Å². The average molecular weight is 264 g/mol. The van der Waals surface area contributed by atoms with Crippen LogP contribution in [-0.2, 0) is 0 Å². The molecule has 2 rings (SSSR count). The van der Waals surface area contributed by atoms with Crippen LogP contribution in [0, 0.1) is 5.92 Å². The third-order valence-corrected chi connectivity index (χ3v) is 3.57. The summed E-state index contributed by atoms with van der Waals surface area (Å²) in [7, 11) is 2.17. The zero-order valence-electron chi connectivity index (χ0n) is 10.7. The molecule has 0 saturated carbocycles. The first-order chi connectivity index (χ1) is 8.66.